The van der Waals surface area contributed by atoms with E-state index in [1.807, 2.05) is 41.8 Å². The third-order valence-corrected chi connectivity index (χ3v) is 7.00. The Hall–Kier alpha value is -5.45. The molecule has 0 aliphatic carbocycles. The largest absolute Gasteiger partial charge is 0.497 e. The maximum atomic E-state index is 14.1. The van der Waals surface area contributed by atoms with Crippen molar-refractivity contribution in [3.05, 3.63) is 129 Å². The fraction of sp³-hybridized carbons (Fsp3) is 0.161. The Labute approximate surface area is 239 Å². The van der Waals surface area contributed by atoms with E-state index in [2.05, 4.69) is 20.3 Å². The van der Waals surface area contributed by atoms with Crippen LogP contribution >= 0.6 is 0 Å². The van der Waals surface area contributed by atoms with Gasteiger partial charge in [0.25, 0.3) is 5.56 Å². The molecule has 0 saturated carbocycles. The van der Waals surface area contributed by atoms with Crippen LogP contribution in [-0.4, -0.2) is 36.2 Å². The molecular weight excluding hydrogens is 537 g/mol. The molecule has 42 heavy (non-hydrogen) atoms. The Kier molecular flexibility index (Phi) is 7.14. The lowest BCUT2D eigenvalue weighted by Crippen LogP contribution is -2.29. The number of pyridine rings is 2. The highest BCUT2D eigenvalue weighted by Crippen LogP contribution is 2.23. The second-order valence-electron chi connectivity index (χ2n) is 9.79. The summed E-state index contributed by atoms with van der Waals surface area (Å²) in [5, 5.41) is 3.75. The van der Waals surface area contributed by atoms with Crippen molar-refractivity contribution in [3.8, 4) is 5.75 Å². The van der Waals surface area contributed by atoms with Crippen LogP contribution in [0.3, 0.4) is 0 Å². The smallest absolute Gasteiger partial charge is 0.261 e. The van der Waals surface area contributed by atoms with Gasteiger partial charge in [-0.25, -0.2) is 19.3 Å². The third-order valence-electron chi connectivity index (χ3n) is 7.00. The van der Waals surface area contributed by atoms with Gasteiger partial charge in [-0.1, -0.05) is 18.2 Å². The number of nitrogens with zero attached hydrogens (tertiary/aromatic N) is 6. The number of fused-ring (bicyclic) bond motifs is 2. The molecule has 1 atom stereocenters. The van der Waals surface area contributed by atoms with Crippen LogP contribution in [0.1, 0.15) is 30.0 Å². The molecule has 2 aromatic carbocycles. The maximum Gasteiger partial charge on any atom is 0.261 e. The topological polar surface area (TPSA) is 117 Å². The Bertz CT molecular complexity index is 2030. The highest BCUT2D eigenvalue weighted by molar-refractivity contribution is 5.86. The van der Waals surface area contributed by atoms with Gasteiger partial charge in [0.2, 0.25) is 0 Å². The summed E-state index contributed by atoms with van der Waals surface area (Å²) in [5.74, 6) is 0.911. The molecule has 0 radical (unpaired) electrons. The van der Waals surface area contributed by atoms with E-state index in [1.165, 1.54) is 35.2 Å². The van der Waals surface area contributed by atoms with Crippen LogP contribution in [0.4, 0.5) is 10.2 Å². The normalized spacial score (nSPS) is 12.0. The molecule has 6 aromatic rings. The molecule has 0 amide bonds. The first-order chi connectivity index (χ1) is 20.4. The number of halogens is 1. The highest BCUT2D eigenvalue weighted by atomic mass is 19.1. The number of hydrogen-bond donors (Lipinski definition) is 1. The predicted molar refractivity (Wildman–Crippen MR) is 157 cm³/mol. The van der Waals surface area contributed by atoms with Gasteiger partial charge < -0.3 is 14.6 Å². The standard InChI is InChI=1S/C31H26FN7O3/c1-19(29-37-25-11-8-21(32)15-24(25)31(41)39(29)17-22-5-3-4-13-33-22)36-28-27-26(40)12-14-38(30(27)35-18-34-28)16-20-6-9-23(42-2)10-7-20/h3-15,18-19H,16-17H2,1-2H3,(H,34,35,36)/t19-/m0/s1. The highest BCUT2D eigenvalue weighted by Gasteiger charge is 2.20. The molecule has 4 heterocycles. The fourth-order valence-electron chi connectivity index (χ4n) is 4.91. The molecule has 4 aromatic heterocycles. The zero-order valence-corrected chi connectivity index (χ0v) is 22.9. The van der Waals surface area contributed by atoms with E-state index in [4.69, 9.17) is 9.72 Å². The zero-order valence-electron chi connectivity index (χ0n) is 22.9. The van der Waals surface area contributed by atoms with Gasteiger partial charge >= 0.3 is 0 Å². The number of nitrogens with one attached hydrogen (secondary N) is 1. The Balaban J connectivity index is 1.41. The molecule has 0 spiro atoms. The predicted octanol–water partition coefficient (Wildman–Crippen LogP) is 4.31. The number of rotatable bonds is 8. The quantitative estimate of drug-likeness (QED) is 0.291. The molecule has 11 heteroatoms. The summed E-state index contributed by atoms with van der Waals surface area (Å²) in [4.78, 5) is 44.6. The monoisotopic (exact) mass is 563 g/mol. The van der Waals surface area contributed by atoms with Gasteiger partial charge in [-0.3, -0.25) is 19.1 Å². The van der Waals surface area contributed by atoms with E-state index >= 15 is 0 Å². The van der Waals surface area contributed by atoms with Crippen LogP contribution in [0.15, 0.2) is 95.0 Å². The third kappa shape index (κ3) is 5.19. The van der Waals surface area contributed by atoms with Gasteiger partial charge in [0.05, 0.1) is 36.3 Å². The molecule has 1 N–H and O–H groups in total. The summed E-state index contributed by atoms with van der Waals surface area (Å²) < 4.78 is 22.6. The molecule has 0 bridgehead atoms. The minimum atomic E-state index is -0.580. The zero-order chi connectivity index (χ0) is 29.2. The molecule has 0 fully saturated rings. The van der Waals surface area contributed by atoms with Crippen molar-refractivity contribution in [1.82, 2.24) is 29.1 Å². The van der Waals surface area contributed by atoms with Crippen LogP contribution in [-0.2, 0) is 13.1 Å². The van der Waals surface area contributed by atoms with Gasteiger partial charge in [-0.05, 0) is 55.0 Å². The molecular formula is C31H26FN7O3. The van der Waals surface area contributed by atoms with Crippen LogP contribution in [0, 0.1) is 5.82 Å². The van der Waals surface area contributed by atoms with Crippen molar-refractivity contribution in [2.24, 2.45) is 0 Å². The van der Waals surface area contributed by atoms with E-state index in [9.17, 15) is 14.0 Å². The van der Waals surface area contributed by atoms with Crippen molar-refractivity contribution >= 4 is 27.8 Å². The average molecular weight is 564 g/mol. The number of aromatic nitrogens is 6. The second-order valence-corrected chi connectivity index (χ2v) is 9.79. The number of benzene rings is 2. The van der Waals surface area contributed by atoms with Crippen molar-refractivity contribution in [1.29, 1.82) is 0 Å². The summed E-state index contributed by atoms with van der Waals surface area (Å²) >= 11 is 0. The van der Waals surface area contributed by atoms with Crippen molar-refractivity contribution in [2.75, 3.05) is 12.4 Å². The molecule has 10 nitrogen and oxygen atoms in total. The molecule has 0 unspecified atom stereocenters. The minimum Gasteiger partial charge on any atom is -0.497 e. The number of ether oxygens (including phenoxy) is 1. The van der Waals surface area contributed by atoms with Crippen molar-refractivity contribution in [3.63, 3.8) is 0 Å². The summed E-state index contributed by atoms with van der Waals surface area (Å²) in [6.07, 6.45) is 4.72. The summed E-state index contributed by atoms with van der Waals surface area (Å²) in [6, 6.07) is 17.9. The van der Waals surface area contributed by atoms with Crippen LogP contribution < -0.4 is 21.0 Å². The first kappa shape index (κ1) is 26.8. The van der Waals surface area contributed by atoms with Crippen LogP contribution in [0.2, 0.25) is 0 Å². The molecule has 210 valence electrons. The van der Waals surface area contributed by atoms with E-state index in [0.29, 0.717) is 40.4 Å². The number of hydrogen-bond acceptors (Lipinski definition) is 8. The lowest BCUT2D eigenvalue weighted by Gasteiger charge is -2.21. The molecule has 0 aliphatic rings. The molecule has 6 rings (SSSR count). The first-order valence-electron chi connectivity index (χ1n) is 13.2. The van der Waals surface area contributed by atoms with Gasteiger partial charge in [0, 0.05) is 25.0 Å². The lowest BCUT2D eigenvalue weighted by molar-refractivity contribution is 0.414. The first-order valence-corrected chi connectivity index (χ1v) is 13.2. The van der Waals surface area contributed by atoms with E-state index in [-0.39, 0.29) is 17.4 Å². The number of anilines is 1. The van der Waals surface area contributed by atoms with Crippen LogP contribution in [0.25, 0.3) is 21.9 Å². The molecule has 0 aliphatic heterocycles. The van der Waals surface area contributed by atoms with Gasteiger partial charge in [0.15, 0.2) is 5.43 Å². The Morgan fingerprint density at radius 2 is 1.81 bits per heavy atom. The Morgan fingerprint density at radius 1 is 0.976 bits per heavy atom. The number of methoxy groups -OCH3 is 1. The van der Waals surface area contributed by atoms with Gasteiger partial charge in [-0.15, -0.1) is 0 Å². The van der Waals surface area contributed by atoms with E-state index < -0.39 is 17.4 Å². The van der Waals surface area contributed by atoms with Crippen LogP contribution in [0.5, 0.6) is 5.75 Å². The lowest BCUT2D eigenvalue weighted by atomic mass is 10.2. The average Bonchev–Trinajstić information content (AvgIpc) is 3.01. The van der Waals surface area contributed by atoms with E-state index in [0.717, 1.165) is 11.3 Å². The van der Waals surface area contributed by atoms with E-state index in [1.54, 1.807) is 31.6 Å². The molecule has 0 saturated heterocycles. The Morgan fingerprint density at radius 3 is 2.57 bits per heavy atom. The summed E-state index contributed by atoms with van der Waals surface area (Å²) in [5.41, 5.74) is 1.80. The second kappa shape index (κ2) is 11.2. The van der Waals surface area contributed by atoms with Gasteiger partial charge in [0.1, 0.15) is 40.6 Å². The maximum absolute atomic E-state index is 14.1. The SMILES string of the molecule is COc1ccc(Cn2ccc(=O)c3c(N[C@@H](C)c4nc5ccc(F)cc5c(=O)n4Cc4ccccn4)ncnc32)cc1. The minimum absolute atomic E-state index is 0.125. The summed E-state index contributed by atoms with van der Waals surface area (Å²) in [6.45, 7) is 2.41. The summed E-state index contributed by atoms with van der Waals surface area (Å²) in [7, 11) is 1.61. The van der Waals surface area contributed by atoms with Crippen molar-refractivity contribution in [2.45, 2.75) is 26.1 Å². The van der Waals surface area contributed by atoms with Crippen molar-refractivity contribution < 1.29 is 9.13 Å². The fourth-order valence-corrected chi connectivity index (χ4v) is 4.91. The van der Waals surface area contributed by atoms with Gasteiger partial charge in [-0.2, -0.15) is 0 Å².